The van der Waals surface area contributed by atoms with Crippen molar-refractivity contribution in [2.45, 2.75) is 25.7 Å². The third kappa shape index (κ3) is 5.84. The quantitative estimate of drug-likeness (QED) is 0.643. The Balaban J connectivity index is 1.31. The predicted molar refractivity (Wildman–Crippen MR) is 106 cm³/mol. The van der Waals surface area contributed by atoms with Gasteiger partial charge >= 0.3 is 12.0 Å². The molecule has 0 saturated carbocycles. The summed E-state index contributed by atoms with van der Waals surface area (Å²) in [6, 6.07) is 14.4. The number of carbonyl (C=O) groups excluding carboxylic acids is 3. The lowest BCUT2D eigenvalue weighted by atomic mass is 10.1. The van der Waals surface area contributed by atoms with Crippen LogP contribution in [0.4, 0.5) is 16.2 Å². The zero-order chi connectivity index (χ0) is 19.8. The van der Waals surface area contributed by atoms with E-state index in [0.29, 0.717) is 11.4 Å². The number of hydrogen-bond acceptors (Lipinski definition) is 4. The van der Waals surface area contributed by atoms with Gasteiger partial charge in [0, 0.05) is 17.9 Å². The van der Waals surface area contributed by atoms with Crippen molar-refractivity contribution in [3.05, 3.63) is 59.7 Å². The number of amides is 3. The molecule has 28 heavy (non-hydrogen) atoms. The van der Waals surface area contributed by atoms with Crippen molar-refractivity contribution < 1.29 is 19.1 Å². The number of hydrogen-bond donors (Lipinski definition) is 3. The van der Waals surface area contributed by atoms with E-state index in [1.165, 1.54) is 11.1 Å². The molecule has 0 aromatic heterocycles. The van der Waals surface area contributed by atoms with Crippen LogP contribution in [0.25, 0.3) is 0 Å². The normalized spacial score (nSPS) is 12.0. The second-order valence-corrected chi connectivity index (χ2v) is 6.54. The Morgan fingerprint density at radius 1 is 0.893 bits per heavy atom. The van der Waals surface area contributed by atoms with Crippen LogP contribution in [0.2, 0.25) is 0 Å². The van der Waals surface area contributed by atoms with Gasteiger partial charge in [0.05, 0.1) is 6.42 Å². The van der Waals surface area contributed by atoms with Gasteiger partial charge in [-0.25, -0.2) is 4.79 Å². The molecule has 7 nitrogen and oxygen atoms in total. The zero-order valence-corrected chi connectivity index (χ0v) is 15.5. The van der Waals surface area contributed by atoms with Crippen LogP contribution >= 0.6 is 0 Å². The minimum Gasteiger partial charge on any atom is -0.456 e. The van der Waals surface area contributed by atoms with Gasteiger partial charge in [-0.1, -0.05) is 24.3 Å². The van der Waals surface area contributed by atoms with Crippen molar-refractivity contribution in [2.75, 3.05) is 23.8 Å². The number of ether oxygens (including phenoxy) is 1. The summed E-state index contributed by atoms with van der Waals surface area (Å²) in [6.45, 7) is -0.240. The number of para-hydroxylation sites is 1. The first-order valence-corrected chi connectivity index (χ1v) is 9.27. The van der Waals surface area contributed by atoms with Crippen molar-refractivity contribution in [3.63, 3.8) is 0 Å². The molecular formula is C21H23N3O4. The number of urea groups is 1. The Morgan fingerprint density at radius 2 is 1.68 bits per heavy atom. The highest BCUT2D eigenvalue weighted by atomic mass is 16.5. The number of anilines is 2. The molecule has 0 heterocycles. The Labute approximate surface area is 163 Å². The van der Waals surface area contributed by atoms with Crippen molar-refractivity contribution >= 4 is 29.3 Å². The molecule has 3 amide bonds. The molecule has 0 spiro atoms. The fraction of sp³-hybridized carbons (Fsp3) is 0.286. The number of fused-ring (bicyclic) bond motifs is 1. The van der Waals surface area contributed by atoms with Gasteiger partial charge in [0.25, 0.3) is 5.91 Å². The maximum atomic E-state index is 11.9. The summed E-state index contributed by atoms with van der Waals surface area (Å²) < 4.78 is 4.95. The average Bonchev–Trinajstić information content (AvgIpc) is 3.15. The van der Waals surface area contributed by atoms with Crippen LogP contribution < -0.4 is 16.0 Å². The van der Waals surface area contributed by atoms with Crippen LogP contribution in [-0.4, -0.2) is 31.1 Å². The summed E-state index contributed by atoms with van der Waals surface area (Å²) in [7, 11) is 0. The van der Waals surface area contributed by atoms with Crippen LogP contribution in [-0.2, 0) is 27.2 Å². The number of rotatable bonds is 7. The van der Waals surface area contributed by atoms with Crippen LogP contribution in [0.1, 0.15) is 24.0 Å². The molecule has 3 rings (SSSR count). The molecule has 0 atom stereocenters. The molecule has 0 fully saturated rings. The highest BCUT2D eigenvalue weighted by Crippen LogP contribution is 2.24. The summed E-state index contributed by atoms with van der Waals surface area (Å²) in [5.74, 6) is -0.940. The number of benzene rings is 2. The van der Waals surface area contributed by atoms with Crippen LogP contribution in [0, 0.1) is 0 Å². The second kappa shape index (κ2) is 9.55. The fourth-order valence-corrected chi connectivity index (χ4v) is 3.04. The molecule has 0 aliphatic heterocycles. The molecule has 1 aliphatic carbocycles. The first-order chi connectivity index (χ1) is 13.6. The SMILES string of the molecule is O=C(COC(=O)CCNC(=O)Nc1ccccc1)Nc1ccc2c(c1)CCC2. The second-order valence-electron chi connectivity index (χ2n) is 6.54. The summed E-state index contributed by atoms with van der Waals surface area (Å²) >= 11 is 0. The van der Waals surface area contributed by atoms with Crippen molar-refractivity contribution in [1.29, 1.82) is 0 Å². The van der Waals surface area contributed by atoms with Crippen LogP contribution in [0.5, 0.6) is 0 Å². The molecule has 2 aromatic rings. The Bertz CT molecular complexity index is 852. The van der Waals surface area contributed by atoms with Gasteiger partial charge < -0.3 is 20.7 Å². The van der Waals surface area contributed by atoms with Gasteiger partial charge in [0.15, 0.2) is 6.61 Å². The topological polar surface area (TPSA) is 96.5 Å². The Morgan fingerprint density at radius 3 is 2.50 bits per heavy atom. The summed E-state index contributed by atoms with van der Waals surface area (Å²) in [4.78, 5) is 35.4. The average molecular weight is 381 g/mol. The maximum Gasteiger partial charge on any atom is 0.319 e. The lowest BCUT2D eigenvalue weighted by Crippen LogP contribution is -2.31. The largest absolute Gasteiger partial charge is 0.456 e. The van der Waals surface area contributed by atoms with E-state index in [1.54, 1.807) is 24.3 Å². The smallest absolute Gasteiger partial charge is 0.319 e. The molecule has 3 N–H and O–H groups in total. The summed E-state index contributed by atoms with van der Waals surface area (Å²) in [5, 5.41) is 7.94. The van der Waals surface area contributed by atoms with E-state index in [1.807, 2.05) is 24.3 Å². The van der Waals surface area contributed by atoms with Gasteiger partial charge in [0.2, 0.25) is 0 Å². The lowest BCUT2D eigenvalue weighted by molar-refractivity contribution is -0.147. The first kappa shape index (κ1) is 19.4. The van der Waals surface area contributed by atoms with E-state index >= 15 is 0 Å². The van der Waals surface area contributed by atoms with Crippen molar-refractivity contribution in [2.24, 2.45) is 0 Å². The molecule has 0 saturated heterocycles. The van der Waals surface area contributed by atoms with Gasteiger partial charge in [-0.3, -0.25) is 9.59 Å². The Kier molecular flexibility index (Phi) is 6.62. The van der Waals surface area contributed by atoms with E-state index < -0.39 is 12.0 Å². The van der Waals surface area contributed by atoms with Gasteiger partial charge in [-0.05, 0) is 54.7 Å². The highest BCUT2D eigenvalue weighted by molar-refractivity contribution is 5.93. The maximum absolute atomic E-state index is 11.9. The van der Waals surface area contributed by atoms with Crippen molar-refractivity contribution in [1.82, 2.24) is 5.32 Å². The minimum absolute atomic E-state index is 0.0195. The van der Waals surface area contributed by atoms with Gasteiger partial charge in [-0.2, -0.15) is 0 Å². The number of nitrogens with one attached hydrogen (secondary N) is 3. The molecule has 146 valence electrons. The molecule has 7 heteroatoms. The molecule has 0 radical (unpaired) electrons. The summed E-state index contributed by atoms with van der Waals surface area (Å²) in [6.07, 6.45) is 3.23. The summed E-state index contributed by atoms with van der Waals surface area (Å²) in [5.41, 5.74) is 3.95. The Hall–Kier alpha value is -3.35. The van der Waals surface area contributed by atoms with Crippen LogP contribution in [0.3, 0.4) is 0 Å². The highest BCUT2D eigenvalue weighted by Gasteiger charge is 2.13. The third-order valence-corrected chi connectivity index (χ3v) is 4.39. The third-order valence-electron chi connectivity index (χ3n) is 4.39. The number of aryl methyl sites for hydroxylation is 2. The molecule has 1 aliphatic rings. The molecule has 2 aromatic carbocycles. The lowest BCUT2D eigenvalue weighted by Gasteiger charge is -2.09. The zero-order valence-electron chi connectivity index (χ0n) is 15.5. The standard InChI is InChI=1S/C21H23N3O4/c25-19(23-18-10-9-15-5-4-6-16(15)13-18)14-28-20(26)11-12-22-21(27)24-17-7-2-1-3-8-17/h1-3,7-10,13H,4-6,11-12,14H2,(H,23,25)(H2,22,24,27). The number of carbonyl (C=O) groups is 3. The van der Waals surface area contributed by atoms with E-state index in [4.69, 9.17) is 4.74 Å². The monoisotopic (exact) mass is 381 g/mol. The van der Waals surface area contributed by atoms with Crippen LogP contribution in [0.15, 0.2) is 48.5 Å². The fourth-order valence-electron chi connectivity index (χ4n) is 3.04. The predicted octanol–water partition coefficient (Wildman–Crippen LogP) is 2.87. The molecule has 0 bridgehead atoms. The van der Waals surface area contributed by atoms with E-state index in [-0.39, 0.29) is 25.5 Å². The number of esters is 1. The van der Waals surface area contributed by atoms with Gasteiger partial charge in [-0.15, -0.1) is 0 Å². The van der Waals surface area contributed by atoms with E-state index in [0.717, 1.165) is 19.3 Å². The van der Waals surface area contributed by atoms with Gasteiger partial charge in [0.1, 0.15) is 0 Å². The van der Waals surface area contributed by atoms with Crippen molar-refractivity contribution in [3.8, 4) is 0 Å². The minimum atomic E-state index is -0.552. The van der Waals surface area contributed by atoms with E-state index in [9.17, 15) is 14.4 Å². The molecule has 0 unspecified atom stereocenters. The first-order valence-electron chi connectivity index (χ1n) is 9.27. The molecular weight excluding hydrogens is 358 g/mol. The van der Waals surface area contributed by atoms with E-state index in [2.05, 4.69) is 16.0 Å².